The summed E-state index contributed by atoms with van der Waals surface area (Å²) in [7, 11) is 0. The van der Waals surface area contributed by atoms with Crippen molar-refractivity contribution in [2.45, 2.75) is 304 Å². The second-order valence-corrected chi connectivity index (χ2v) is 23.4. The summed E-state index contributed by atoms with van der Waals surface area (Å²) in [6.45, 7) is 19.7. The van der Waals surface area contributed by atoms with Gasteiger partial charge in [-0.25, -0.2) is 4.79 Å². The van der Waals surface area contributed by atoms with Crippen molar-refractivity contribution < 1.29 is 28.7 Å². The van der Waals surface area contributed by atoms with Crippen LogP contribution >= 0.6 is 0 Å². The van der Waals surface area contributed by atoms with E-state index in [0.29, 0.717) is 77.2 Å². The Morgan fingerprint density at radius 3 is 1.31 bits per heavy atom. The number of amides is 3. The fourth-order valence-corrected chi connectivity index (χ4v) is 11.5. The van der Waals surface area contributed by atoms with Crippen molar-refractivity contribution in [2.75, 3.05) is 65.6 Å². The molecule has 1 heterocycles. The Labute approximate surface area is 458 Å². The van der Waals surface area contributed by atoms with Crippen LogP contribution in [-0.4, -0.2) is 115 Å². The Balaban J connectivity index is 1.90. The van der Waals surface area contributed by atoms with Gasteiger partial charge in [-0.05, 0) is 88.6 Å². The van der Waals surface area contributed by atoms with Crippen molar-refractivity contribution in [1.82, 2.24) is 19.6 Å². The van der Waals surface area contributed by atoms with Crippen molar-refractivity contribution in [3.8, 4) is 0 Å². The second-order valence-electron chi connectivity index (χ2n) is 23.4. The average molecular weight is 1040 g/mol. The van der Waals surface area contributed by atoms with Gasteiger partial charge in [0.2, 0.25) is 5.91 Å². The Bertz CT molecular complexity index is 1320. The third kappa shape index (κ3) is 33.7. The number of likely N-dealkylation sites (N-methyl/N-ethyl adjacent to an activating group) is 1. The van der Waals surface area contributed by atoms with E-state index in [1.807, 2.05) is 9.80 Å². The maximum Gasteiger partial charge on any atom is 0.320 e. The van der Waals surface area contributed by atoms with E-state index < -0.39 is 0 Å². The molecule has 0 N–H and O–H groups in total. The predicted octanol–water partition coefficient (Wildman–Crippen LogP) is 16.9. The Morgan fingerprint density at radius 1 is 0.459 bits per heavy atom. The number of nitrogens with zero attached hydrogens (tertiary/aromatic N) is 4. The number of urea groups is 1. The number of ether oxygens (including phenoxy) is 2. The van der Waals surface area contributed by atoms with Gasteiger partial charge in [0, 0.05) is 51.6 Å². The van der Waals surface area contributed by atoms with Gasteiger partial charge in [0.05, 0.1) is 19.8 Å². The normalized spacial score (nSPS) is 16.0. The minimum absolute atomic E-state index is 0.0405. The molecule has 3 amide bonds. The average Bonchev–Trinajstić information content (AvgIpc) is 3.66. The van der Waals surface area contributed by atoms with E-state index in [9.17, 15) is 19.2 Å². The molecule has 10 nitrogen and oxygen atoms in total. The molecule has 0 bridgehead atoms. The molecule has 0 aromatic rings. The summed E-state index contributed by atoms with van der Waals surface area (Å²) in [6, 6.07) is 0.202. The Kier molecular flexibility index (Phi) is 42.8. The molecule has 1 aliphatic carbocycles. The van der Waals surface area contributed by atoms with Crippen LogP contribution in [0.15, 0.2) is 0 Å². The summed E-state index contributed by atoms with van der Waals surface area (Å²) in [6.07, 6.45) is 46.7. The maximum absolute atomic E-state index is 14.4. The minimum atomic E-state index is -0.0695. The van der Waals surface area contributed by atoms with Crippen LogP contribution in [0.5, 0.6) is 0 Å². The van der Waals surface area contributed by atoms with Gasteiger partial charge in [0.25, 0.3) is 0 Å². The molecule has 1 saturated carbocycles. The fourth-order valence-electron chi connectivity index (χ4n) is 11.5. The summed E-state index contributed by atoms with van der Waals surface area (Å²) >= 11 is 0. The van der Waals surface area contributed by atoms with E-state index in [1.165, 1.54) is 180 Å². The van der Waals surface area contributed by atoms with Gasteiger partial charge < -0.3 is 24.2 Å². The van der Waals surface area contributed by atoms with Gasteiger partial charge in [-0.2, -0.15) is 0 Å². The molecule has 0 aromatic heterocycles. The van der Waals surface area contributed by atoms with Crippen LogP contribution in [0.4, 0.5) is 4.79 Å². The van der Waals surface area contributed by atoms with E-state index in [4.69, 9.17) is 9.47 Å². The first-order chi connectivity index (χ1) is 36.2. The molecule has 2 fully saturated rings. The van der Waals surface area contributed by atoms with Gasteiger partial charge in [0.1, 0.15) is 0 Å². The molecule has 1 aliphatic heterocycles. The Morgan fingerprint density at radius 2 is 0.851 bits per heavy atom. The second kappa shape index (κ2) is 46.7. The lowest BCUT2D eigenvalue weighted by Crippen LogP contribution is -2.54. The number of carbonyl (C=O) groups excluding carboxylic acids is 4. The standard InChI is InChI=1S/C64H122N4O6/c1-7-13-17-21-25-30-36-41-57(42-37-31-26-22-18-14-8-2)55-73-62(70)45-38-32-27-33-39-48-68(64(72)67-47-40-46-66(49-50-67)61(69)54-65(11-5)12-6)60-51-59(52-60)53-63(71)74-56-58(43-34-28-23-19-15-9-3)44-35-29-24-20-16-10-4/h57-60H,7-56H2,1-6H3. The molecule has 0 radical (unpaired) electrons. The van der Waals surface area contributed by atoms with Crippen LogP contribution in [0.1, 0.15) is 298 Å². The van der Waals surface area contributed by atoms with Crippen LogP contribution in [0.2, 0.25) is 0 Å². The SMILES string of the molecule is CCCCCCCCCC(CCCCCCCCC)COC(=O)CCCCCCCN(C(=O)N1CCCN(C(=O)CN(CC)CC)CC1)C1CC(CC(=O)OCC(CCCCCCCC)CCCCCCCC)C1. The van der Waals surface area contributed by atoms with Gasteiger partial charge in [-0.1, -0.05) is 228 Å². The van der Waals surface area contributed by atoms with Gasteiger partial charge in [0.15, 0.2) is 0 Å². The smallest absolute Gasteiger partial charge is 0.320 e. The quantitative estimate of drug-likeness (QED) is 0.0442. The fraction of sp³-hybridized carbons (Fsp3) is 0.938. The van der Waals surface area contributed by atoms with E-state index in [2.05, 4.69) is 51.3 Å². The largest absolute Gasteiger partial charge is 0.465 e. The summed E-state index contributed by atoms with van der Waals surface area (Å²) in [4.78, 5) is 62.2. The minimum Gasteiger partial charge on any atom is -0.465 e. The summed E-state index contributed by atoms with van der Waals surface area (Å²) in [5.74, 6) is 1.23. The first-order valence-electron chi connectivity index (χ1n) is 32.6. The van der Waals surface area contributed by atoms with Crippen LogP contribution in [0.3, 0.4) is 0 Å². The number of esters is 2. The first kappa shape index (κ1) is 67.7. The van der Waals surface area contributed by atoms with Crippen molar-refractivity contribution >= 4 is 23.9 Å². The third-order valence-electron chi connectivity index (χ3n) is 16.8. The van der Waals surface area contributed by atoms with Crippen molar-refractivity contribution in [3.05, 3.63) is 0 Å². The predicted molar refractivity (Wildman–Crippen MR) is 312 cm³/mol. The zero-order chi connectivity index (χ0) is 53.7. The number of unbranched alkanes of at least 4 members (excludes halogenated alkanes) is 26. The topological polar surface area (TPSA) is 99.7 Å². The van der Waals surface area contributed by atoms with Crippen molar-refractivity contribution in [2.24, 2.45) is 17.8 Å². The highest BCUT2D eigenvalue weighted by molar-refractivity contribution is 5.79. The molecule has 434 valence electrons. The number of hydrogen-bond donors (Lipinski definition) is 0. The molecule has 74 heavy (non-hydrogen) atoms. The van der Waals surface area contributed by atoms with Gasteiger partial charge >= 0.3 is 18.0 Å². The molecule has 2 rings (SSSR count). The monoisotopic (exact) mass is 1040 g/mol. The molecule has 0 atom stereocenters. The van der Waals surface area contributed by atoms with Crippen LogP contribution < -0.4 is 0 Å². The van der Waals surface area contributed by atoms with Crippen molar-refractivity contribution in [1.29, 1.82) is 0 Å². The molecule has 0 aromatic carbocycles. The zero-order valence-corrected chi connectivity index (χ0v) is 49.9. The van der Waals surface area contributed by atoms with E-state index in [1.54, 1.807) is 0 Å². The van der Waals surface area contributed by atoms with Crippen LogP contribution in [0, 0.1) is 17.8 Å². The lowest BCUT2D eigenvalue weighted by atomic mass is 9.77. The maximum atomic E-state index is 14.4. The van der Waals surface area contributed by atoms with E-state index in [0.717, 1.165) is 77.3 Å². The van der Waals surface area contributed by atoms with Gasteiger partial charge in [-0.3, -0.25) is 19.3 Å². The molecule has 10 heteroatoms. The highest BCUT2D eigenvalue weighted by Gasteiger charge is 2.39. The molecule has 2 aliphatic rings. The van der Waals surface area contributed by atoms with Crippen molar-refractivity contribution in [3.63, 3.8) is 0 Å². The number of rotatable bonds is 49. The highest BCUT2D eigenvalue weighted by atomic mass is 16.5. The third-order valence-corrected chi connectivity index (χ3v) is 16.8. The molecule has 0 unspecified atom stereocenters. The van der Waals surface area contributed by atoms with Gasteiger partial charge in [-0.15, -0.1) is 0 Å². The number of carbonyl (C=O) groups is 4. The summed E-state index contributed by atoms with van der Waals surface area (Å²) in [5.41, 5.74) is 0. The Hall–Kier alpha value is -2.36. The summed E-state index contributed by atoms with van der Waals surface area (Å²) < 4.78 is 12.0. The van der Waals surface area contributed by atoms with Crippen LogP contribution in [-0.2, 0) is 23.9 Å². The first-order valence-corrected chi connectivity index (χ1v) is 32.6. The van der Waals surface area contributed by atoms with Crippen LogP contribution in [0.25, 0.3) is 0 Å². The number of hydrogen-bond acceptors (Lipinski definition) is 7. The molecule has 1 saturated heterocycles. The highest BCUT2D eigenvalue weighted by Crippen LogP contribution is 2.36. The van der Waals surface area contributed by atoms with E-state index in [-0.39, 0.29) is 35.8 Å². The molecular weight excluding hydrogens is 921 g/mol. The molecular formula is C64H122N4O6. The lowest BCUT2D eigenvalue weighted by Gasteiger charge is -2.44. The zero-order valence-electron chi connectivity index (χ0n) is 49.9. The van der Waals surface area contributed by atoms with E-state index >= 15 is 0 Å². The molecule has 0 spiro atoms. The lowest BCUT2D eigenvalue weighted by molar-refractivity contribution is -0.147. The summed E-state index contributed by atoms with van der Waals surface area (Å²) in [5, 5.41) is 0.